The number of pyridine rings is 1. The summed E-state index contributed by atoms with van der Waals surface area (Å²) >= 11 is 3.78. The number of methoxy groups -OCH3 is 1. The van der Waals surface area contributed by atoms with Crippen LogP contribution >= 0.6 is 12.6 Å². The van der Waals surface area contributed by atoms with Gasteiger partial charge in [0.25, 0.3) is 0 Å². The van der Waals surface area contributed by atoms with Crippen LogP contribution in [0.2, 0.25) is 0 Å². The second-order valence-electron chi connectivity index (χ2n) is 5.01. The van der Waals surface area contributed by atoms with Crippen LogP contribution in [0.3, 0.4) is 0 Å². The number of ether oxygens (including phenoxy) is 2. The van der Waals surface area contributed by atoms with Crippen molar-refractivity contribution in [3.05, 3.63) is 60.3 Å². The van der Waals surface area contributed by atoms with Gasteiger partial charge in [-0.25, -0.2) is 0 Å². The predicted octanol–water partition coefficient (Wildman–Crippen LogP) is 4.03. The van der Waals surface area contributed by atoms with Gasteiger partial charge < -0.3 is 9.47 Å². The molecule has 0 amide bonds. The highest BCUT2D eigenvalue weighted by Crippen LogP contribution is 2.30. The van der Waals surface area contributed by atoms with Crippen LogP contribution in [0.15, 0.2) is 54.7 Å². The molecule has 0 atom stereocenters. The van der Waals surface area contributed by atoms with E-state index in [9.17, 15) is 4.79 Å². The maximum absolute atomic E-state index is 11.0. The van der Waals surface area contributed by atoms with Crippen molar-refractivity contribution in [3.8, 4) is 17.2 Å². The van der Waals surface area contributed by atoms with Crippen molar-refractivity contribution in [2.24, 2.45) is 0 Å². The third-order valence-corrected chi connectivity index (χ3v) is 3.57. The van der Waals surface area contributed by atoms with Gasteiger partial charge in [0.1, 0.15) is 17.2 Å². The number of carbonyl (C=O) groups is 1. The van der Waals surface area contributed by atoms with Crippen LogP contribution in [0.1, 0.15) is 5.56 Å². The summed E-state index contributed by atoms with van der Waals surface area (Å²) in [5.74, 6) is 2.17. The smallest absolute Gasteiger partial charge is 0.190 e. The summed E-state index contributed by atoms with van der Waals surface area (Å²) in [6.07, 6.45) is 2.01. The number of hydrogen-bond donors (Lipinski definition) is 1. The van der Waals surface area contributed by atoms with E-state index >= 15 is 0 Å². The second-order valence-corrected chi connectivity index (χ2v) is 5.51. The van der Waals surface area contributed by atoms with Gasteiger partial charge >= 0.3 is 0 Å². The molecule has 0 spiro atoms. The molecular formula is C18H15NO3S. The van der Waals surface area contributed by atoms with E-state index in [-0.39, 0.29) is 5.12 Å². The van der Waals surface area contributed by atoms with Crippen LogP contribution < -0.4 is 9.47 Å². The van der Waals surface area contributed by atoms with E-state index in [4.69, 9.17) is 9.47 Å². The average molecular weight is 325 g/mol. The van der Waals surface area contributed by atoms with Gasteiger partial charge in [-0.2, -0.15) is 0 Å². The molecule has 5 heteroatoms. The third kappa shape index (κ3) is 3.63. The topological polar surface area (TPSA) is 48.4 Å². The van der Waals surface area contributed by atoms with E-state index in [1.54, 1.807) is 13.3 Å². The normalized spacial score (nSPS) is 10.5. The van der Waals surface area contributed by atoms with E-state index in [1.165, 1.54) is 0 Å². The summed E-state index contributed by atoms with van der Waals surface area (Å²) in [5, 5.41) is 0.746. The zero-order chi connectivity index (χ0) is 16.2. The number of hydrogen-bond acceptors (Lipinski definition) is 4. The summed E-state index contributed by atoms with van der Waals surface area (Å²) in [4.78, 5) is 15.3. The van der Waals surface area contributed by atoms with Gasteiger partial charge in [-0.1, -0.05) is 12.1 Å². The zero-order valence-corrected chi connectivity index (χ0v) is 13.4. The molecule has 0 unspecified atom stereocenters. The van der Waals surface area contributed by atoms with Crippen molar-refractivity contribution in [2.75, 3.05) is 7.11 Å². The fourth-order valence-electron chi connectivity index (χ4n) is 2.29. The van der Waals surface area contributed by atoms with Gasteiger partial charge in [0, 0.05) is 24.1 Å². The average Bonchev–Trinajstić information content (AvgIpc) is 2.56. The lowest BCUT2D eigenvalue weighted by molar-refractivity contribution is -0.110. The Labute approximate surface area is 139 Å². The summed E-state index contributed by atoms with van der Waals surface area (Å²) < 4.78 is 11.2. The van der Waals surface area contributed by atoms with E-state index in [2.05, 4.69) is 17.6 Å². The minimum atomic E-state index is -0.159. The highest BCUT2D eigenvalue weighted by atomic mass is 32.1. The number of benzene rings is 2. The first-order chi connectivity index (χ1) is 11.2. The summed E-state index contributed by atoms with van der Waals surface area (Å²) in [7, 11) is 1.62. The number of fused-ring (bicyclic) bond motifs is 1. The maximum Gasteiger partial charge on any atom is 0.190 e. The Hall–Kier alpha value is -2.53. The maximum atomic E-state index is 11.0. The standard InChI is InChI=1S/C18H15NO3S/c1-21-14-6-7-15-16(11-14)19-9-8-17(15)22-13-4-2-12(3-5-13)10-18(20)23/h2-9,11H,10H2,1H3,(H,20,23). The van der Waals surface area contributed by atoms with E-state index < -0.39 is 0 Å². The lowest BCUT2D eigenvalue weighted by Crippen LogP contribution is -1.93. The molecule has 1 heterocycles. The molecule has 1 aromatic heterocycles. The lowest BCUT2D eigenvalue weighted by atomic mass is 10.1. The van der Waals surface area contributed by atoms with Crippen molar-refractivity contribution in [3.63, 3.8) is 0 Å². The fraction of sp³-hybridized carbons (Fsp3) is 0.111. The fourth-order valence-corrected chi connectivity index (χ4v) is 2.48. The van der Waals surface area contributed by atoms with Crippen molar-refractivity contribution in [1.82, 2.24) is 4.98 Å². The van der Waals surface area contributed by atoms with E-state index in [0.29, 0.717) is 12.2 Å². The quantitative estimate of drug-likeness (QED) is 0.719. The van der Waals surface area contributed by atoms with E-state index in [1.807, 2.05) is 48.5 Å². The van der Waals surface area contributed by atoms with Crippen molar-refractivity contribution < 1.29 is 14.3 Å². The Morgan fingerprint density at radius 2 is 1.83 bits per heavy atom. The monoisotopic (exact) mass is 325 g/mol. The number of carbonyl (C=O) groups excluding carboxylic acids is 1. The molecule has 0 saturated carbocycles. The first-order valence-electron chi connectivity index (χ1n) is 7.07. The Balaban J connectivity index is 1.87. The highest BCUT2D eigenvalue weighted by Gasteiger charge is 2.06. The van der Waals surface area contributed by atoms with Crippen LogP contribution in [0, 0.1) is 0 Å². The summed E-state index contributed by atoms with van der Waals surface area (Å²) in [5.41, 5.74) is 1.71. The van der Waals surface area contributed by atoms with Crippen LogP contribution in [0.4, 0.5) is 0 Å². The van der Waals surface area contributed by atoms with Crippen molar-refractivity contribution in [2.45, 2.75) is 6.42 Å². The molecular weight excluding hydrogens is 310 g/mol. The Bertz CT molecular complexity index is 847. The molecule has 0 saturated heterocycles. The number of nitrogens with zero attached hydrogens (tertiary/aromatic N) is 1. The molecule has 4 nitrogen and oxygen atoms in total. The molecule has 3 rings (SSSR count). The molecule has 0 aliphatic carbocycles. The molecule has 0 aliphatic heterocycles. The SMILES string of the molecule is COc1ccc2c(Oc3ccc(CC(=O)S)cc3)ccnc2c1. The molecule has 0 N–H and O–H groups in total. The molecule has 23 heavy (non-hydrogen) atoms. The zero-order valence-electron chi connectivity index (χ0n) is 12.5. The third-order valence-electron chi connectivity index (χ3n) is 3.42. The van der Waals surface area contributed by atoms with Crippen molar-refractivity contribution >= 4 is 28.6 Å². The van der Waals surface area contributed by atoms with Crippen LogP contribution in [-0.4, -0.2) is 17.2 Å². The molecule has 0 aliphatic rings. The van der Waals surface area contributed by atoms with Crippen molar-refractivity contribution in [1.29, 1.82) is 0 Å². The Morgan fingerprint density at radius 3 is 2.52 bits per heavy atom. The van der Waals surface area contributed by atoms with Crippen LogP contribution in [-0.2, 0) is 11.2 Å². The van der Waals surface area contributed by atoms with Gasteiger partial charge in [-0.15, -0.1) is 12.6 Å². The van der Waals surface area contributed by atoms with Crippen LogP contribution in [0.5, 0.6) is 17.2 Å². The molecule has 116 valence electrons. The first-order valence-corrected chi connectivity index (χ1v) is 7.52. The number of rotatable bonds is 5. The van der Waals surface area contributed by atoms with E-state index in [0.717, 1.165) is 28.0 Å². The van der Waals surface area contributed by atoms with Crippen LogP contribution in [0.25, 0.3) is 10.9 Å². The summed E-state index contributed by atoms with van der Waals surface area (Å²) in [6, 6.07) is 14.9. The largest absolute Gasteiger partial charge is 0.497 e. The summed E-state index contributed by atoms with van der Waals surface area (Å²) in [6.45, 7) is 0. The second kappa shape index (κ2) is 6.71. The van der Waals surface area contributed by atoms with Gasteiger partial charge in [-0.3, -0.25) is 9.78 Å². The van der Waals surface area contributed by atoms with Gasteiger partial charge in [-0.05, 0) is 35.9 Å². The minimum absolute atomic E-state index is 0.159. The predicted molar refractivity (Wildman–Crippen MR) is 92.5 cm³/mol. The van der Waals surface area contributed by atoms with Gasteiger partial charge in [0.2, 0.25) is 0 Å². The highest BCUT2D eigenvalue weighted by molar-refractivity contribution is 7.96. The number of thiol groups is 1. The number of aromatic nitrogens is 1. The molecule has 0 radical (unpaired) electrons. The Morgan fingerprint density at radius 1 is 1.09 bits per heavy atom. The molecule has 0 fully saturated rings. The van der Waals surface area contributed by atoms with Gasteiger partial charge in [0.05, 0.1) is 12.6 Å². The first kappa shape index (κ1) is 15.4. The minimum Gasteiger partial charge on any atom is -0.497 e. The molecule has 2 aromatic carbocycles. The molecule has 0 bridgehead atoms. The lowest BCUT2D eigenvalue weighted by Gasteiger charge is -2.10. The molecule has 3 aromatic rings. The Kier molecular flexibility index (Phi) is 4.48. The van der Waals surface area contributed by atoms with Gasteiger partial charge in [0.15, 0.2) is 5.12 Å².